The van der Waals surface area contributed by atoms with Crippen molar-refractivity contribution in [1.82, 2.24) is 9.88 Å². The Morgan fingerprint density at radius 1 is 1.37 bits per heavy atom. The highest BCUT2D eigenvalue weighted by molar-refractivity contribution is 5.93. The molecule has 0 aliphatic heterocycles. The number of pyridine rings is 1. The molecule has 0 aromatic carbocycles. The molecule has 2 rings (SSSR count). The van der Waals surface area contributed by atoms with Crippen molar-refractivity contribution < 1.29 is 4.79 Å². The molecule has 0 saturated heterocycles. The molecule has 1 N–H and O–H groups in total. The molecular weight excluding hydrogens is 240 g/mol. The summed E-state index contributed by atoms with van der Waals surface area (Å²) in [4.78, 5) is 28.6. The van der Waals surface area contributed by atoms with Gasteiger partial charge in [-0.15, -0.1) is 0 Å². The summed E-state index contributed by atoms with van der Waals surface area (Å²) in [7, 11) is 1.80. The summed E-state index contributed by atoms with van der Waals surface area (Å²) in [6.07, 6.45) is 7.32. The molecule has 0 spiro atoms. The second-order valence-electron chi connectivity index (χ2n) is 6.23. The van der Waals surface area contributed by atoms with Gasteiger partial charge in [-0.2, -0.15) is 0 Å². The Kier molecular flexibility index (Phi) is 3.78. The van der Waals surface area contributed by atoms with Crippen molar-refractivity contribution in [1.29, 1.82) is 0 Å². The molecule has 0 bridgehead atoms. The van der Waals surface area contributed by atoms with Crippen molar-refractivity contribution in [2.24, 2.45) is 5.41 Å². The number of carbonyl (C=O) groups excluding carboxylic acids is 1. The number of carbonyl (C=O) groups is 1. The number of hydrogen-bond donors (Lipinski definition) is 1. The maximum absolute atomic E-state index is 12.3. The van der Waals surface area contributed by atoms with E-state index in [9.17, 15) is 9.59 Å². The molecule has 4 nitrogen and oxygen atoms in total. The van der Waals surface area contributed by atoms with Crippen molar-refractivity contribution in [3.8, 4) is 0 Å². The lowest BCUT2D eigenvalue weighted by Gasteiger charge is -2.38. The van der Waals surface area contributed by atoms with E-state index in [1.165, 1.54) is 12.3 Å². The highest BCUT2D eigenvalue weighted by Crippen LogP contribution is 2.36. The van der Waals surface area contributed by atoms with E-state index in [0.717, 1.165) is 25.7 Å². The largest absolute Gasteiger partial charge is 0.367 e. The zero-order chi connectivity index (χ0) is 14.0. The zero-order valence-electron chi connectivity index (χ0n) is 11.9. The molecule has 1 aliphatic carbocycles. The quantitative estimate of drug-likeness (QED) is 0.890. The molecule has 19 heavy (non-hydrogen) atoms. The molecule has 1 aliphatic rings. The van der Waals surface area contributed by atoms with Crippen LogP contribution in [0.5, 0.6) is 0 Å². The number of hydrogen-bond acceptors (Lipinski definition) is 2. The van der Waals surface area contributed by atoms with E-state index in [1.807, 2.05) is 0 Å². The molecule has 0 atom stereocenters. The van der Waals surface area contributed by atoms with Crippen LogP contribution in [0.15, 0.2) is 23.3 Å². The first kappa shape index (κ1) is 13.8. The van der Waals surface area contributed by atoms with E-state index in [1.54, 1.807) is 18.1 Å². The fourth-order valence-corrected chi connectivity index (χ4v) is 2.71. The minimum absolute atomic E-state index is 0.174. The minimum atomic E-state index is -0.216. The predicted octanol–water partition coefficient (Wildman–Crippen LogP) is 2.42. The summed E-state index contributed by atoms with van der Waals surface area (Å²) in [6, 6.07) is 1.64. The minimum Gasteiger partial charge on any atom is -0.367 e. The van der Waals surface area contributed by atoms with Crippen LogP contribution in [0.1, 0.15) is 49.9 Å². The fraction of sp³-hybridized carbons (Fsp3) is 0.600. The predicted molar refractivity (Wildman–Crippen MR) is 75.2 cm³/mol. The van der Waals surface area contributed by atoms with Crippen LogP contribution < -0.4 is 5.43 Å². The molecule has 1 heterocycles. The molecule has 104 valence electrons. The van der Waals surface area contributed by atoms with E-state index in [0.29, 0.717) is 5.41 Å². The average molecular weight is 262 g/mol. The van der Waals surface area contributed by atoms with Crippen LogP contribution >= 0.6 is 0 Å². The van der Waals surface area contributed by atoms with Crippen LogP contribution in [-0.2, 0) is 0 Å². The molecular formula is C15H22N2O2. The molecule has 1 amide bonds. The molecule has 1 aromatic heterocycles. The van der Waals surface area contributed by atoms with Crippen molar-refractivity contribution in [2.75, 3.05) is 7.05 Å². The normalized spacial score (nSPS) is 19.1. The van der Waals surface area contributed by atoms with E-state index >= 15 is 0 Å². The van der Waals surface area contributed by atoms with Gasteiger partial charge in [-0.05, 0) is 31.1 Å². The number of nitrogens with zero attached hydrogens (tertiary/aromatic N) is 1. The Bertz CT molecular complexity index is 509. The Morgan fingerprint density at radius 3 is 2.58 bits per heavy atom. The van der Waals surface area contributed by atoms with Crippen LogP contribution in [0.25, 0.3) is 0 Å². The highest BCUT2D eigenvalue weighted by atomic mass is 16.2. The number of nitrogens with one attached hydrogen (secondary N) is 1. The summed E-state index contributed by atoms with van der Waals surface area (Å²) < 4.78 is 0. The Hall–Kier alpha value is -1.58. The highest BCUT2D eigenvalue weighted by Gasteiger charge is 2.31. The number of aromatic amines is 1. The van der Waals surface area contributed by atoms with E-state index in [2.05, 4.69) is 18.8 Å². The lowest BCUT2D eigenvalue weighted by atomic mass is 9.75. The number of H-pyrrole nitrogens is 1. The molecule has 1 saturated carbocycles. The van der Waals surface area contributed by atoms with Gasteiger partial charge in [0.15, 0.2) is 5.43 Å². The van der Waals surface area contributed by atoms with Gasteiger partial charge in [0.2, 0.25) is 0 Å². The van der Waals surface area contributed by atoms with Crippen molar-refractivity contribution in [3.63, 3.8) is 0 Å². The maximum Gasteiger partial charge on any atom is 0.259 e. The SMILES string of the molecule is CN(C(=O)c1c[nH]ccc1=O)C1CCC(C)(C)CC1. The summed E-state index contributed by atoms with van der Waals surface area (Å²) >= 11 is 0. The van der Waals surface area contributed by atoms with Crippen LogP contribution in [0.2, 0.25) is 0 Å². The van der Waals surface area contributed by atoms with Crippen LogP contribution in [0.4, 0.5) is 0 Å². The molecule has 0 unspecified atom stereocenters. The maximum atomic E-state index is 12.3. The molecule has 0 radical (unpaired) electrons. The third-order valence-electron chi connectivity index (χ3n) is 4.23. The summed E-state index contributed by atoms with van der Waals surface area (Å²) in [5, 5.41) is 0. The van der Waals surface area contributed by atoms with Crippen molar-refractivity contribution in [2.45, 2.75) is 45.6 Å². The first-order valence-corrected chi connectivity index (χ1v) is 6.85. The van der Waals surface area contributed by atoms with Gasteiger partial charge in [0, 0.05) is 31.5 Å². The van der Waals surface area contributed by atoms with Crippen molar-refractivity contribution in [3.05, 3.63) is 34.2 Å². The third-order valence-corrected chi connectivity index (χ3v) is 4.23. The van der Waals surface area contributed by atoms with E-state index in [4.69, 9.17) is 0 Å². The molecule has 4 heteroatoms. The lowest BCUT2D eigenvalue weighted by molar-refractivity contribution is 0.0633. The van der Waals surface area contributed by atoms with E-state index in [-0.39, 0.29) is 22.9 Å². The summed E-state index contributed by atoms with van der Waals surface area (Å²) in [6.45, 7) is 4.54. The zero-order valence-corrected chi connectivity index (χ0v) is 11.9. The van der Waals surface area contributed by atoms with Gasteiger partial charge in [0.1, 0.15) is 5.56 Å². The summed E-state index contributed by atoms with van der Waals surface area (Å²) in [5.74, 6) is -0.174. The Balaban J connectivity index is 2.09. The first-order chi connectivity index (χ1) is 8.91. The van der Waals surface area contributed by atoms with Gasteiger partial charge < -0.3 is 9.88 Å². The van der Waals surface area contributed by atoms with Gasteiger partial charge in [-0.1, -0.05) is 13.8 Å². The fourth-order valence-electron chi connectivity index (χ4n) is 2.71. The molecule has 1 aromatic rings. The second-order valence-corrected chi connectivity index (χ2v) is 6.23. The van der Waals surface area contributed by atoms with Crippen LogP contribution in [0.3, 0.4) is 0 Å². The first-order valence-electron chi connectivity index (χ1n) is 6.85. The standard InChI is InChI=1S/C15H22N2O2/c1-15(2)7-4-11(5-8-15)17(3)14(19)12-10-16-9-6-13(12)18/h6,9-11H,4-5,7-8H2,1-3H3,(H,16,18). The topological polar surface area (TPSA) is 53.2 Å². The average Bonchev–Trinajstić information content (AvgIpc) is 2.38. The number of rotatable bonds is 2. The Labute approximate surface area is 113 Å². The van der Waals surface area contributed by atoms with Crippen LogP contribution in [-0.4, -0.2) is 28.9 Å². The molecule has 1 fully saturated rings. The third kappa shape index (κ3) is 3.06. The van der Waals surface area contributed by atoms with Crippen LogP contribution in [0, 0.1) is 5.41 Å². The van der Waals surface area contributed by atoms with Gasteiger partial charge in [-0.3, -0.25) is 9.59 Å². The smallest absolute Gasteiger partial charge is 0.259 e. The monoisotopic (exact) mass is 262 g/mol. The van der Waals surface area contributed by atoms with Gasteiger partial charge in [-0.25, -0.2) is 0 Å². The van der Waals surface area contributed by atoms with Gasteiger partial charge >= 0.3 is 0 Å². The lowest BCUT2D eigenvalue weighted by Crippen LogP contribution is -2.42. The van der Waals surface area contributed by atoms with Gasteiger partial charge in [0.25, 0.3) is 5.91 Å². The number of amides is 1. The Morgan fingerprint density at radius 2 is 2.00 bits per heavy atom. The second kappa shape index (κ2) is 5.19. The van der Waals surface area contributed by atoms with E-state index < -0.39 is 0 Å². The number of aromatic nitrogens is 1. The van der Waals surface area contributed by atoms with Crippen molar-refractivity contribution >= 4 is 5.91 Å². The summed E-state index contributed by atoms with van der Waals surface area (Å²) in [5.41, 5.74) is 0.395. The van der Waals surface area contributed by atoms with Gasteiger partial charge in [0.05, 0.1) is 0 Å².